The highest BCUT2D eigenvalue weighted by molar-refractivity contribution is 7.99. The zero-order valence-corrected chi connectivity index (χ0v) is 18.2. The number of nitrogens with zero attached hydrogens (tertiary/aromatic N) is 1. The van der Waals surface area contributed by atoms with Crippen molar-refractivity contribution in [3.63, 3.8) is 0 Å². The van der Waals surface area contributed by atoms with Crippen LogP contribution in [0.15, 0.2) is 29.4 Å². The van der Waals surface area contributed by atoms with Gasteiger partial charge in [-0.3, -0.25) is 9.59 Å². The van der Waals surface area contributed by atoms with Gasteiger partial charge in [-0.1, -0.05) is 23.2 Å². The number of thioether (sulfide) groups is 1. The van der Waals surface area contributed by atoms with Gasteiger partial charge in [0.1, 0.15) is 5.03 Å². The Hall–Kier alpha value is -2.37. The number of nitrogens with two attached hydrogens (primary N) is 1. The fraction of sp³-hybridized carbons (Fsp3) is 0.278. The first-order valence-electron chi connectivity index (χ1n) is 8.45. The number of hydrogen-bond acceptors (Lipinski definition) is 6. The van der Waals surface area contributed by atoms with Gasteiger partial charge in [0.15, 0.2) is 18.1 Å². The number of alkyl halides is 3. The Morgan fingerprint density at radius 1 is 1.23 bits per heavy atom. The molecule has 0 spiro atoms. The summed E-state index contributed by atoms with van der Waals surface area (Å²) in [4.78, 5) is 26.9. The number of halogens is 5. The van der Waals surface area contributed by atoms with Gasteiger partial charge < -0.3 is 20.5 Å². The molecule has 0 aliphatic carbocycles. The first-order valence-corrected chi connectivity index (χ1v) is 10.2. The Balaban J connectivity index is 1.96. The van der Waals surface area contributed by atoms with Gasteiger partial charge in [0.25, 0.3) is 11.8 Å². The number of methoxy groups -OCH3 is 1. The van der Waals surface area contributed by atoms with Crippen molar-refractivity contribution in [1.29, 1.82) is 0 Å². The van der Waals surface area contributed by atoms with Crippen LogP contribution < -0.4 is 20.5 Å². The third-order valence-corrected chi connectivity index (χ3v) is 5.30. The lowest BCUT2D eigenvalue weighted by Crippen LogP contribution is -2.26. The van der Waals surface area contributed by atoms with Crippen LogP contribution in [0, 0.1) is 0 Å². The maximum atomic E-state index is 12.6. The summed E-state index contributed by atoms with van der Waals surface area (Å²) in [6.07, 6.45) is -3.83. The minimum atomic E-state index is -4.53. The summed E-state index contributed by atoms with van der Waals surface area (Å²) in [7, 11) is 1.34. The van der Waals surface area contributed by atoms with Crippen molar-refractivity contribution in [3.05, 3.63) is 45.6 Å². The SMILES string of the molecule is COc1cc(C(=O)NCCSc2ncc(C(F)(F)F)cc2Cl)cc(Cl)c1OCC(N)=O. The second-order valence-corrected chi connectivity index (χ2v) is 7.76. The first-order chi connectivity index (χ1) is 14.5. The molecule has 0 unspecified atom stereocenters. The van der Waals surface area contributed by atoms with Crippen LogP contribution in [0.5, 0.6) is 11.5 Å². The molecule has 7 nitrogen and oxygen atoms in total. The molecule has 3 N–H and O–H groups in total. The Bertz CT molecular complexity index is 977. The number of aromatic nitrogens is 1. The van der Waals surface area contributed by atoms with E-state index in [1.54, 1.807) is 0 Å². The molecule has 2 amide bonds. The molecule has 31 heavy (non-hydrogen) atoms. The summed E-state index contributed by atoms with van der Waals surface area (Å²) in [6, 6.07) is 3.50. The lowest BCUT2D eigenvalue weighted by atomic mass is 10.2. The number of nitrogens with one attached hydrogen (secondary N) is 1. The highest BCUT2D eigenvalue weighted by Gasteiger charge is 2.31. The number of pyridine rings is 1. The molecule has 2 rings (SSSR count). The van der Waals surface area contributed by atoms with E-state index in [0.29, 0.717) is 11.9 Å². The number of amides is 2. The van der Waals surface area contributed by atoms with Crippen molar-refractivity contribution in [1.82, 2.24) is 10.3 Å². The van der Waals surface area contributed by atoms with Gasteiger partial charge in [-0.2, -0.15) is 13.2 Å². The molecular weight excluding hydrogens is 482 g/mol. The lowest BCUT2D eigenvalue weighted by molar-refractivity contribution is -0.137. The van der Waals surface area contributed by atoms with Crippen molar-refractivity contribution in [2.75, 3.05) is 26.0 Å². The monoisotopic (exact) mass is 497 g/mol. The summed E-state index contributed by atoms with van der Waals surface area (Å²) < 4.78 is 48.2. The van der Waals surface area contributed by atoms with Crippen LogP contribution in [0.1, 0.15) is 15.9 Å². The molecule has 1 heterocycles. The Labute approximate surface area is 189 Å². The summed E-state index contributed by atoms with van der Waals surface area (Å²) in [6.45, 7) is -0.248. The van der Waals surface area contributed by atoms with Gasteiger partial charge in [0.2, 0.25) is 0 Å². The Morgan fingerprint density at radius 2 is 1.94 bits per heavy atom. The number of hydrogen-bond donors (Lipinski definition) is 2. The van der Waals surface area contributed by atoms with Crippen LogP contribution in [-0.4, -0.2) is 42.8 Å². The maximum absolute atomic E-state index is 12.6. The van der Waals surface area contributed by atoms with E-state index in [9.17, 15) is 22.8 Å². The number of carbonyl (C=O) groups is 2. The van der Waals surface area contributed by atoms with E-state index in [4.69, 9.17) is 38.4 Å². The summed E-state index contributed by atoms with van der Waals surface area (Å²) in [5, 5.41) is 2.76. The summed E-state index contributed by atoms with van der Waals surface area (Å²) in [5.41, 5.74) is 4.26. The molecule has 0 radical (unpaired) electrons. The molecule has 13 heteroatoms. The van der Waals surface area contributed by atoms with Crippen LogP contribution >= 0.6 is 35.0 Å². The molecule has 2 aromatic rings. The molecule has 0 fully saturated rings. The second kappa shape index (κ2) is 10.8. The normalized spacial score (nSPS) is 11.2. The topological polar surface area (TPSA) is 104 Å². The van der Waals surface area contributed by atoms with Crippen LogP contribution in [0.2, 0.25) is 10.0 Å². The minimum absolute atomic E-state index is 0.0425. The second-order valence-electron chi connectivity index (χ2n) is 5.86. The molecule has 0 saturated carbocycles. The number of ether oxygens (including phenoxy) is 2. The smallest absolute Gasteiger partial charge is 0.417 e. The van der Waals surface area contributed by atoms with Crippen LogP contribution in [0.25, 0.3) is 0 Å². The number of benzene rings is 1. The predicted octanol–water partition coefficient (Wildman–Crippen LogP) is 3.80. The van der Waals surface area contributed by atoms with Crippen LogP contribution in [0.3, 0.4) is 0 Å². The molecule has 1 aromatic heterocycles. The molecule has 0 bridgehead atoms. The van der Waals surface area contributed by atoms with Crippen molar-refractivity contribution in [2.45, 2.75) is 11.2 Å². The first kappa shape index (κ1) is 24.9. The number of rotatable bonds is 9. The van der Waals surface area contributed by atoms with Gasteiger partial charge >= 0.3 is 6.18 Å². The highest BCUT2D eigenvalue weighted by Crippen LogP contribution is 2.36. The van der Waals surface area contributed by atoms with Crippen molar-refractivity contribution < 1.29 is 32.2 Å². The molecular formula is C18H16Cl2F3N3O4S. The van der Waals surface area contributed by atoms with E-state index in [0.717, 1.165) is 17.8 Å². The van der Waals surface area contributed by atoms with Gasteiger partial charge in [-0.05, 0) is 18.2 Å². The van der Waals surface area contributed by atoms with E-state index in [1.807, 2.05) is 0 Å². The average Bonchev–Trinajstić information content (AvgIpc) is 2.69. The van der Waals surface area contributed by atoms with Gasteiger partial charge in [0.05, 0.1) is 22.7 Å². The zero-order valence-electron chi connectivity index (χ0n) is 15.9. The third kappa shape index (κ3) is 7.08. The number of primary amides is 1. The molecule has 0 aliphatic rings. The third-order valence-electron chi connectivity index (χ3n) is 3.61. The van der Waals surface area contributed by atoms with E-state index < -0.39 is 30.2 Å². The number of carbonyl (C=O) groups excluding carboxylic acids is 2. The van der Waals surface area contributed by atoms with Crippen LogP contribution in [0.4, 0.5) is 13.2 Å². The minimum Gasteiger partial charge on any atom is -0.493 e. The van der Waals surface area contributed by atoms with Crippen molar-refractivity contribution in [3.8, 4) is 11.5 Å². The van der Waals surface area contributed by atoms with E-state index in [2.05, 4.69) is 10.3 Å². The van der Waals surface area contributed by atoms with Gasteiger partial charge in [-0.15, -0.1) is 11.8 Å². The van der Waals surface area contributed by atoms with E-state index >= 15 is 0 Å². The average molecular weight is 498 g/mol. The van der Waals surface area contributed by atoms with Crippen molar-refractivity contribution >= 4 is 46.8 Å². The Morgan fingerprint density at radius 3 is 2.52 bits per heavy atom. The van der Waals surface area contributed by atoms with Gasteiger partial charge in [0, 0.05) is 24.1 Å². The highest BCUT2D eigenvalue weighted by atomic mass is 35.5. The largest absolute Gasteiger partial charge is 0.493 e. The standard InChI is InChI=1S/C18H16Cl2F3N3O4S/c1-29-13-5-9(4-11(19)15(13)30-8-14(24)27)16(28)25-2-3-31-17-12(20)6-10(7-26-17)18(21,22)23/h4-7H,2-3,8H2,1H3,(H2,24,27)(H,25,28). The molecule has 0 atom stereocenters. The molecule has 0 saturated heterocycles. The van der Waals surface area contributed by atoms with E-state index in [-0.39, 0.29) is 38.7 Å². The summed E-state index contributed by atoms with van der Waals surface area (Å²) in [5.74, 6) is -0.685. The molecule has 168 valence electrons. The van der Waals surface area contributed by atoms with Crippen LogP contribution in [-0.2, 0) is 11.0 Å². The van der Waals surface area contributed by atoms with Crippen molar-refractivity contribution in [2.24, 2.45) is 5.73 Å². The zero-order chi connectivity index (χ0) is 23.2. The summed E-state index contributed by atoms with van der Waals surface area (Å²) >= 11 is 13.0. The van der Waals surface area contributed by atoms with Gasteiger partial charge in [-0.25, -0.2) is 4.98 Å². The van der Waals surface area contributed by atoms with E-state index in [1.165, 1.54) is 19.2 Å². The Kier molecular flexibility index (Phi) is 8.66. The quantitative estimate of drug-likeness (QED) is 0.403. The maximum Gasteiger partial charge on any atom is 0.417 e. The predicted molar refractivity (Wildman–Crippen MR) is 110 cm³/mol. The molecule has 0 aliphatic heterocycles. The molecule has 1 aromatic carbocycles. The lowest BCUT2D eigenvalue weighted by Gasteiger charge is -2.13. The fourth-order valence-corrected chi connectivity index (χ4v) is 3.55. The fourth-order valence-electron chi connectivity index (χ4n) is 2.24.